The first-order valence-electron chi connectivity index (χ1n) is 11.2. The highest BCUT2D eigenvalue weighted by molar-refractivity contribution is 8.14. The van der Waals surface area contributed by atoms with Crippen LogP contribution in [-0.4, -0.2) is 43.5 Å². The van der Waals surface area contributed by atoms with Gasteiger partial charge in [-0.05, 0) is 68.7 Å². The van der Waals surface area contributed by atoms with Crippen molar-refractivity contribution in [1.82, 2.24) is 5.32 Å². The smallest absolute Gasteiger partial charge is 0.338 e. The van der Waals surface area contributed by atoms with Gasteiger partial charge < -0.3 is 20.3 Å². The molecule has 0 fully saturated rings. The van der Waals surface area contributed by atoms with Gasteiger partial charge in [0, 0.05) is 31.2 Å². The van der Waals surface area contributed by atoms with Gasteiger partial charge in [0.15, 0.2) is 5.17 Å². The van der Waals surface area contributed by atoms with Crippen LogP contribution in [0.2, 0.25) is 0 Å². The van der Waals surface area contributed by atoms with E-state index in [2.05, 4.69) is 16.7 Å². The number of amides is 1. The van der Waals surface area contributed by atoms with Crippen molar-refractivity contribution in [2.45, 2.75) is 33.7 Å². The molecule has 0 saturated carbocycles. The third-order valence-electron chi connectivity index (χ3n) is 5.28. The van der Waals surface area contributed by atoms with E-state index in [-0.39, 0.29) is 18.3 Å². The molecule has 0 aliphatic carbocycles. The molecule has 0 spiro atoms. The highest BCUT2D eigenvalue weighted by Crippen LogP contribution is 2.33. The number of hydrogen-bond acceptors (Lipinski definition) is 7. The number of hydrogen-bond donors (Lipinski definition) is 2. The lowest BCUT2D eigenvalue weighted by Gasteiger charge is -2.26. The van der Waals surface area contributed by atoms with Crippen LogP contribution >= 0.6 is 11.8 Å². The lowest BCUT2D eigenvalue weighted by molar-refractivity contribution is -0.139. The van der Waals surface area contributed by atoms with Gasteiger partial charge in [-0.1, -0.05) is 30.0 Å². The van der Waals surface area contributed by atoms with Gasteiger partial charge in [0.1, 0.15) is 6.04 Å². The van der Waals surface area contributed by atoms with Crippen molar-refractivity contribution in [1.29, 1.82) is 0 Å². The van der Waals surface area contributed by atoms with Gasteiger partial charge in [0.25, 0.3) is 0 Å². The second kappa shape index (κ2) is 11.2. The summed E-state index contributed by atoms with van der Waals surface area (Å²) in [4.78, 5) is 32.1. The molecule has 1 atom stereocenters. The summed E-state index contributed by atoms with van der Waals surface area (Å²) in [5.74, 6) is -0.327. The summed E-state index contributed by atoms with van der Waals surface area (Å²) in [5.41, 5.74) is 6.05. The van der Waals surface area contributed by atoms with Gasteiger partial charge in [-0.2, -0.15) is 0 Å². The summed E-state index contributed by atoms with van der Waals surface area (Å²) in [6, 6.07) is 13.4. The van der Waals surface area contributed by atoms with Crippen molar-refractivity contribution >= 4 is 40.2 Å². The third kappa shape index (κ3) is 6.41. The second-order valence-corrected chi connectivity index (χ2v) is 9.38. The van der Waals surface area contributed by atoms with E-state index in [1.165, 1.54) is 11.8 Å². The molecule has 2 aromatic rings. The Morgan fingerprint density at radius 3 is 2.32 bits per heavy atom. The number of aryl methyl sites for hydroxylation is 2. The first-order valence-corrected chi connectivity index (χ1v) is 12.2. The summed E-state index contributed by atoms with van der Waals surface area (Å²) < 4.78 is 5.30. The van der Waals surface area contributed by atoms with Crippen LogP contribution in [-0.2, 0) is 14.3 Å². The van der Waals surface area contributed by atoms with E-state index in [1.54, 1.807) is 6.92 Å². The number of carbonyl (C=O) groups is 2. The van der Waals surface area contributed by atoms with E-state index in [1.807, 2.05) is 76.2 Å². The number of rotatable bonds is 7. The van der Waals surface area contributed by atoms with Crippen molar-refractivity contribution < 1.29 is 14.3 Å². The maximum absolute atomic E-state index is 12.7. The molecule has 1 amide bonds. The number of thioether (sulfide) groups is 1. The molecule has 0 aromatic heterocycles. The molecule has 7 nitrogen and oxygen atoms in total. The molecule has 0 unspecified atom stereocenters. The van der Waals surface area contributed by atoms with Crippen LogP contribution in [0, 0.1) is 13.8 Å². The molecule has 3 rings (SSSR count). The minimum atomic E-state index is -0.513. The number of aliphatic imine (C=N–C) groups is 1. The average molecular weight is 481 g/mol. The molecule has 34 heavy (non-hydrogen) atoms. The molecule has 0 saturated heterocycles. The van der Waals surface area contributed by atoms with Crippen molar-refractivity contribution in [3.63, 3.8) is 0 Å². The molecule has 0 bridgehead atoms. The quantitative estimate of drug-likeness (QED) is 0.565. The number of benzene rings is 2. The van der Waals surface area contributed by atoms with E-state index in [0.717, 1.165) is 28.1 Å². The predicted octanol–water partition coefficient (Wildman–Crippen LogP) is 4.58. The number of allylic oxidation sites excluding steroid dienone is 1. The summed E-state index contributed by atoms with van der Waals surface area (Å²) >= 11 is 1.30. The number of amidine groups is 1. The van der Waals surface area contributed by atoms with Gasteiger partial charge in [-0.3, -0.25) is 4.79 Å². The SMILES string of the molecule is CCOC(=O)C1=C(C)NC(SCC(=O)Nc2cc(C)cc(C)c2)=N[C@@H]1c1ccc(N(C)C)cc1. The summed E-state index contributed by atoms with van der Waals surface area (Å²) in [6.45, 7) is 7.90. The van der Waals surface area contributed by atoms with E-state index in [4.69, 9.17) is 9.73 Å². The first kappa shape index (κ1) is 25.4. The molecule has 1 aliphatic rings. The Balaban J connectivity index is 1.78. The van der Waals surface area contributed by atoms with Crippen LogP contribution in [0.3, 0.4) is 0 Å². The van der Waals surface area contributed by atoms with Crippen LogP contribution in [0.4, 0.5) is 11.4 Å². The highest BCUT2D eigenvalue weighted by atomic mass is 32.2. The number of ether oxygens (including phenoxy) is 1. The maximum atomic E-state index is 12.7. The molecule has 2 aromatic carbocycles. The molecular weight excluding hydrogens is 448 g/mol. The second-order valence-electron chi connectivity index (χ2n) is 8.42. The summed E-state index contributed by atoms with van der Waals surface area (Å²) in [6.07, 6.45) is 0. The predicted molar refractivity (Wildman–Crippen MR) is 140 cm³/mol. The monoisotopic (exact) mass is 480 g/mol. The number of carbonyl (C=O) groups excluding carboxylic acids is 2. The Hall–Kier alpha value is -3.26. The fraction of sp³-hybridized carbons (Fsp3) is 0.346. The van der Waals surface area contributed by atoms with Crippen LogP contribution in [0.5, 0.6) is 0 Å². The van der Waals surface area contributed by atoms with E-state index in [9.17, 15) is 9.59 Å². The van der Waals surface area contributed by atoms with Crippen LogP contribution in [0.15, 0.2) is 58.7 Å². The fourth-order valence-corrected chi connectivity index (χ4v) is 4.51. The number of nitrogens with zero attached hydrogens (tertiary/aromatic N) is 2. The van der Waals surface area contributed by atoms with Crippen molar-refractivity contribution in [2.75, 3.05) is 36.7 Å². The molecule has 2 N–H and O–H groups in total. The van der Waals surface area contributed by atoms with Crippen molar-refractivity contribution in [3.05, 3.63) is 70.4 Å². The molecule has 1 aliphatic heterocycles. The number of esters is 1. The summed E-state index contributed by atoms with van der Waals surface area (Å²) in [7, 11) is 3.95. The lowest BCUT2D eigenvalue weighted by atomic mass is 9.96. The Morgan fingerprint density at radius 2 is 1.74 bits per heavy atom. The molecule has 0 radical (unpaired) electrons. The highest BCUT2D eigenvalue weighted by Gasteiger charge is 2.30. The number of anilines is 2. The van der Waals surface area contributed by atoms with Crippen LogP contribution < -0.4 is 15.5 Å². The molecule has 1 heterocycles. The standard InChI is InChI=1S/C26H32N4O3S/c1-7-33-25(32)23-18(4)27-26(29-24(23)19-8-10-21(11-9-19)30(5)6)34-15-22(31)28-20-13-16(2)12-17(3)14-20/h8-14,24H,7,15H2,1-6H3,(H,27,29)(H,28,31)/t24-/m1/s1. The van der Waals surface area contributed by atoms with Gasteiger partial charge in [-0.15, -0.1) is 0 Å². The maximum Gasteiger partial charge on any atom is 0.338 e. The van der Waals surface area contributed by atoms with E-state index < -0.39 is 12.0 Å². The van der Waals surface area contributed by atoms with Crippen LogP contribution in [0.25, 0.3) is 0 Å². The largest absolute Gasteiger partial charge is 0.463 e. The van der Waals surface area contributed by atoms with Gasteiger partial charge in [0.2, 0.25) is 5.91 Å². The van der Waals surface area contributed by atoms with Crippen molar-refractivity contribution in [2.24, 2.45) is 4.99 Å². The summed E-state index contributed by atoms with van der Waals surface area (Å²) in [5, 5.41) is 6.71. The zero-order chi connectivity index (χ0) is 24.8. The average Bonchev–Trinajstić information content (AvgIpc) is 2.76. The number of nitrogens with one attached hydrogen (secondary N) is 2. The Morgan fingerprint density at radius 1 is 1.09 bits per heavy atom. The topological polar surface area (TPSA) is 83.0 Å². The molecular formula is C26H32N4O3S. The van der Waals surface area contributed by atoms with Crippen molar-refractivity contribution in [3.8, 4) is 0 Å². The fourth-order valence-electron chi connectivity index (χ4n) is 3.77. The van der Waals surface area contributed by atoms with Gasteiger partial charge in [-0.25, -0.2) is 9.79 Å². The van der Waals surface area contributed by atoms with Gasteiger partial charge >= 0.3 is 5.97 Å². The third-order valence-corrected chi connectivity index (χ3v) is 6.17. The molecule has 180 valence electrons. The Kier molecular flexibility index (Phi) is 8.39. The minimum absolute atomic E-state index is 0.121. The Bertz CT molecular complexity index is 1100. The van der Waals surface area contributed by atoms with E-state index in [0.29, 0.717) is 16.4 Å². The lowest BCUT2D eigenvalue weighted by Crippen LogP contribution is -2.31. The van der Waals surface area contributed by atoms with Crippen LogP contribution in [0.1, 0.15) is 36.6 Å². The Labute approximate surface area is 205 Å². The zero-order valence-electron chi connectivity index (χ0n) is 20.6. The van der Waals surface area contributed by atoms with Gasteiger partial charge in [0.05, 0.1) is 17.9 Å². The normalized spacial score (nSPS) is 15.4. The zero-order valence-corrected chi connectivity index (χ0v) is 21.4. The first-order chi connectivity index (χ1) is 16.2. The molecule has 8 heteroatoms. The van der Waals surface area contributed by atoms with E-state index >= 15 is 0 Å². The minimum Gasteiger partial charge on any atom is -0.463 e.